The number of aliphatic carboxylic acids is 1. The van der Waals surface area contributed by atoms with Gasteiger partial charge in [0.15, 0.2) is 11.9 Å². The second-order valence-electron chi connectivity index (χ2n) is 6.76. The number of aliphatic hydroxyl groups is 1. The van der Waals surface area contributed by atoms with Gasteiger partial charge in [-0.15, -0.1) is 11.8 Å². The van der Waals surface area contributed by atoms with E-state index >= 15 is 0 Å². The first-order valence-corrected chi connectivity index (χ1v) is 9.92. The molecular weight excluding hydrogens is 386 g/mol. The van der Waals surface area contributed by atoms with Crippen LogP contribution < -0.4 is 22.1 Å². The number of hydrogen-bond donors (Lipinski definition) is 8. The lowest BCUT2D eigenvalue weighted by molar-refractivity contribution is -0.163. The number of carbonyl (C=O) groups excluding carboxylic acids is 1. The topological polar surface area (TPSA) is 202 Å². The van der Waals surface area contributed by atoms with Gasteiger partial charge in [0.25, 0.3) is 0 Å². The van der Waals surface area contributed by atoms with Gasteiger partial charge in [-0.1, -0.05) is 0 Å². The van der Waals surface area contributed by atoms with Gasteiger partial charge in [0.2, 0.25) is 5.91 Å². The largest absolute Gasteiger partial charge is 0.477 e. The van der Waals surface area contributed by atoms with Crippen molar-refractivity contribution in [3.8, 4) is 0 Å². The molecule has 1 amide bonds. The van der Waals surface area contributed by atoms with Gasteiger partial charge < -0.3 is 37.2 Å². The van der Waals surface area contributed by atoms with E-state index in [1.54, 1.807) is 0 Å². The smallest absolute Gasteiger partial charge is 0.353 e. The molecule has 1 saturated heterocycles. The van der Waals surface area contributed by atoms with Crippen LogP contribution in [-0.2, 0) is 9.59 Å². The van der Waals surface area contributed by atoms with Crippen molar-refractivity contribution in [1.29, 1.82) is 10.8 Å². The number of rotatable bonds is 10. The summed E-state index contributed by atoms with van der Waals surface area (Å²) in [6.07, 6.45) is 0.334. The van der Waals surface area contributed by atoms with E-state index in [4.69, 9.17) is 22.3 Å². The number of amides is 1. The summed E-state index contributed by atoms with van der Waals surface area (Å²) < 4.78 is 0. The van der Waals surface area contributed by atoms with E-state index in [0.29, 0.717) is 36.6 Å². The van der Waals surface area contributed by atoms with Crippen molar-refractivity contribution >= 4 is 35.6 Å². The molecule has 2 rings (SSSR count). The Hall–Kier alpha value is -2.47. The van der Waals surface area contributed by atoms with Crippen LogP contribution in [0.15, 0.2) is 10.6 Å². The van der Waals surface area contributed by atoms with Crippen LogP contribution >= 0.6 is 11.8 Å². The number of nitrogens with zero attached hydrogens (tertiary/aromatic N) is 1. The molecular formula is C16H27N7O4S. The lowest BCUT2D eigenvalue weighted by atomic mass is 9.77. The summed E-state index contributed by atoms with van der Waals surface area (Å²) in [6, 6.07) is -0.390. The van der Waals surface area contributed by atoms with Crippen LogP contribution in [0.4, 0.5) is 0 Å². The molecule has 0 radical (unpaired) electrons. The monoisotopic (exact) mass is 413 g/mol. The molecule has 28 heavy (non-hydrogen) atoms. The van der Waals surface area contributed by atoms with Crippen molar-refractivity contribution in [1.82, 2.24) is 15.5 Å². The van der Waals surface area contributed by atoms with Crippen LogP contribution in [0.3, 0.4) is 0 Å². The van der Waals surface area contributed by atoms with Gasteiger partial charge in [-0.3, -0.25) is 15.6 Å². The predicted molar refractivity (Wildman–Crippen MR) is 105 cm³/mol. The van der Waals surface area contributed by atoms with Crippen molar-refractivity contribution in [2.24, 2.45) is 23.3 Å². The number of hydrogen-bond acceptors (Lipinski definition) is 6. The minimum Gasteiger partial charge on any atom is -0.477 e. The summed E-state index contributed by atoms with van der Waals surface area (Å²) in [4.78, 5) is 26.2. The van der Waals surface area contributed by atoms with Crippen molar-refractivity contribution in [3.63, 3.8) is 0 Å². The fourth-order valence-corrected chi connectivity index (χ4v) is 4.96. The van der Waals surface area contributed by atoms with Crippen LogP contribution in [0.1, 0.15) is 19.8 Å². The van der Waals surface area contributed by atoms with E-state index < -0.39 is 18.0 Å². The number of nitrogens with two attached hydrogens (primary N) is 2. The molecule has 11 nitrogen and oxygen atoms in total. The summed E-state index contributed by atoms with van der Waals surface area (Å²) in [5.41, 5.74) is 10.5. The van der Waals surface area contributed by atoms with E-state index in [0.717, 1.165) is 0 Å². The molecule has 0 unspecified atom stereocenters. The zero-order valence-corrected chi connectivity index (χ0v) is 16.4. The van der Waals surface area contributed by atoms with E-state index in [9.17, 15) is 19.8 Å². The zero-order chi connectivity index (χ0) is 21.0. The fourth-order valence-electron chi connectivity index (χ4n) is 3.74. The maximum Gasteiger partial charge on any atom is 0.353 e. The Labute approximate surface area is 166 Å². The third-order valence-electron chi connectivity index (χ3n) is 4.82. The lowest BCUT2D eigenvalue weighted by Crippen LogP contribution is -2.63. The van der Waals surface area contributed by atoms with Crippen LogP contribution in [0.2, 0.25) is 0 Å². The van der Waals surface area contributed by atoms with E-state index in [-0.39, 0.29) is 35.5 Å². The third kappa shape index (κ3) is 4.50. The summed E-state index contributed by atoms with van der Waals surface area (Å²) in [6.45, 7) is 2.38. The van der Waals surface area contributed by atoms with Gasteiger partial charge in [-0.2, -0.15) is 0 Å². The first-order valence-electron chi connectivity index (χ1n) is 8.94. The molecule has 2 aliphatic heterocycles. The van der Waals surface area contributed by atoms with Crippen LogP contribution in [0.5, 0.6) is 0 Å². The molecule has 0 aromatic carbocycles. The Bertz CT molecular complexity index is 696. The van der Waals surface area contributed by atoms with Crippen molar-refractivity contribution in [2.75, 3.05) is 18.8 Å². The summed E-state index contributed by atoms with van der Waals surface area (Å²) >= 11 is 1.32. The minimum atomic E-state index is -1.17. The molecule has 2 heterocycles. The van der Waals surface area contributed by atoms with Crippen molar-refractivity contribution in [2.45, 2.75) is 31.9 Å². The fraction of sp³-hybridized carbons (Fsp3) is 0.625. The molecule has 0 spiro atoms. The van der Waals surface area contributed by atoms with E-state index in [1.807, 2.05) is 0 Å². The molecule has 0 bridgehead atoms. The molecule has 12 heteroatoms. The van der Waals surface area contributed by atoms with Crippen molar-refractivity contribution in [3.05, 3.63) is 10.6 Å². The van der Waals surface area contributed by atoms with Gasteiger partial charge in [-0.05, 0) is 19.8 Å². The molecule has 0 aliphatic carbocycles. The number of β-lactam (4-membered cyclic amide) rings is 1. The highest BCUT2D eigenvalue weighted by atomic mass is 32.2. The van der Waals surface area contributed by atoms with E-state index in [2.05, 4.69) is 10.6 Å². The highest BCUT2D eigenvalue weighted by molar-refractivity contribution is 8.03. The van der Waals surface area contributed by atoms with Gasteiger partial charge in [-0.25, -0.2) is 4.79 Å². The maximum atomic E-state index is 12.5. The zero-order valence-electron chi connectivity index (χ0n) is 15.6. The molecule has 10 N–H and O–H groups in total. The average Bonchev–Trinajstić information content (AvgIpc) is 2.85. The molecule has 156 valence electrons. The molecule has 0 aromatic rings. The maximum absolute atomic E-state index is 12.5. The summed E-state index contributed by atoms with van der Waals surface area (Å²) in [5.74, 6) is -2.23. The Morgan fingerprint density at radius 3 is 2.43 bits per heavy atom. The Kier molecular flexibility index (Phi) is 7.13. The van der Waals surface area contributed by atoms with Crippen LogP contribution in [0, 0.1) is 22.7 Å². The number of aliphatic hydroxyl groups excluding tert-OH is 1. The third-order valence-corrected chi connectivity index (χ3v) is 6.03. The first kappa shape index (κ1) is 21.8. The predicted octanol–water partition coefficient (Wildman–Crippen LogP) is -1.40. The van der Waals surface area contributed by atoms with Crippen LogP contribution in [0.25, 0.3) is 0 Å². The Balaban J connectivity index is 2.20. The number of thioether (sulfide) groups is 1. The summed E-state index contributed by atoms with van der Waals surface area (Å²) in [7, 11) is 0. The van der Waals surface area contributed by atoms with Gasteiger partial charge in [0.05, 0.1) is 18.1 Å². The Morgan fingerprint density at radius 1 is 1.29 bits per heavy atom. The van der Waals surface area contributed by atoms with Gasteiger partial charge in [0, 0.05) is 29.7 Å². The number of carboxylic acids is 1. The first-order chi connectivity index (χ1) is 13.2. The number of carbonyl (C=O) groups is 2. The number of carboxylic acid groups (broad SMARTS) is 1. The number of nitrogens with one attached hydrogen (secondary N) is 4. The molecule has 4 atom stereocenters. The quantitative estimate of drug-likeness (QED) is 0.0917. The van der Waals surface area contributed by atoms with Crippen molar-refractivity contribution < 1.29 is 19.8 Å². The average molecular weight is 414 g/mol. The lowest BCUT2D eigenvalue weighted by Gasteiger charge is -2.47. The van der Waals surface area contributed by atoms with Gasteiger partial charge in [0.1, 0.15) is 5.70 Å². The highest BCUT2D eigenvalue weighted by Crippen LogP contribution is 2.52. The van der Waals surface area contributed by atoms with Gasteiger partial charge >= 0.3 is 5.97 Å². The van der Waals surface area contributed by atoms with Crippen LogP contribution in [-0.4, -0.2) is 69.9 Å². The van der Waals surface area contributed by atoms with E-state index in [1.165, 1.54) is 23.6 Å². The minimum absolute atomic E-state index is 0.0238. The highest BCUT2D eigenvalue weighted by Gasteiger charge is 2.60. The Morgan fingerprint density at radius 2 is 1.89 bits per heavy atom. The molecule has 0 aromatic heterocycles. The molecule has 2 aliphatic rings. The SMILES string of the molecule is C[C@@H](O)[C@H]1C(=O)N2C(C(=O)O)=C(SCCNC(=N)N)[C@H](CCCNC(=N)N)[C@H]12. The standard InChI is InChI=1S/C16H27N7O4S/c1-7(24)9-10-8(3-2-4-21-15(17)18)12(28-6-5-22-16(19)20)11(14(26)27)23(10)13(9)25/h7-10,24H,2-6H2,1H3,(H,26,27)(H4,17,18,21)(H4,19,20,22)/t7-,8-,9-,10-/m1/s1. The molecule has 0 saturated carbocycles. The second-order valence-corrected chi connectivity index (χ2v) is 7.90. The molecule has 1 fully saturated rings. The number of guanidine groups is 2. The number of fused-ring (bicyclic) bond motifs is 1. The normalized spacial score (nSPS) is 24.4. The summed E-state index contributed by atoms with van der Waals surface area (Å²) in [5, 5.41) is 39.5. The second kappa shape index (κ2) is 9.15.